The standard InChI is InChI=1S/C19H21F3N4O2/c1-25(13-15-5-2-3-6-16(15)28-19(20,21)22)17(27)14-7-11-26(12-8-14)18-23-9-4-10-24-18/h2-6,9-10,14H,7-8,11-13H2,1H3. The molecule has 0 spiro atoms. The van der Waals surface area contributed by atoms with Crippen LogP contribution in [0.2, 0.25) is 0 Å². The minimum absolute atomic E-state index is 0.0487. The normalized spacial score (nSPS) is 15.4. The number of piperidine rings is 1. The highest BCUT2D eigenvalue weighted by atomic mass is 19.4. The molecule has 0 radical (unpaired) electrons. The van der Waals surface area contributed by atoms with Gasteiger partial charge in [0.1, 0.15) is 5.75 Å². The van der Waals surface area contributed by atoms with Crippen LogP contribution in [0.15, 0.2) is 42.7 Å². The van der Waals surface area contributed by atoms with Crippen molar-refractivity contribution in [2.45, 2.75) is 25.7 Å². The van der Waals surface area contributed by atoms with Gasteiger partial charge in [-0.25, -0.2) is 9.97 Å². The molecule has 0 unspecified atom stereocenters. The average Bonchev–Trinajstić information content (AvgIpc) is 2.68. The Labute approximate surface area is 160 Å². The molecule has 1 aromatic carbocycles. The fourth-order valence-corrected chi connectivity index (χ4v) is 3.28. The Balaban J connectivity index is 1.59. The molecule has 1 aliphatic heterocycles. The lowest BCUT2D eigenvalue weighted by Crippen LogP contribution is -2.41. The highest BCUT2D eigenvalue weighted by molar-refractivity contribution is 5.79. The van der Waals surface area contributed by atoms with Gasteiger partial charge in [0.2, 0.25) is 11.9 Å². The molecule has 0 aliphatic carbocycles. The van der Waals surface area contributed by atoms with E-state index in [9.17, 15) is 18.0 Å². The van der Waals surface area contributed by atoms with Crippen LogP contribution in [-0.4, -0.2) is 47.3 Å². The summed E-state index contributed by atoms with van der Waals surface area (Å²) in [6.45, 7) is 1.36. The second-order valence-electron chi connectivity index (χ2n) is 6.66. The van der Waals surface area contributed by atoms with Crippen LogP contribution >= 0.6 is 0 Å². The fraction of sp³-hybridized carbons (Fsp3) is 0.421. The van der Waals surface area contributed by atoms with Gasteiger partial charge >= 0.3 is 6.36 Å². The number of carbonyl (C=O) groups excluding carboxylic acids is 1. The lowest BCUT2D eigenvalue weighted by molar-refractivity contribution is -0.275. The van der Waals surface area contributed by atoms with Gasteiger partial charge in [0.15, 0.2) is 0 Å². The summed E-state index contributed by atoms with van der Waals surface area (Å²) in [5.41, 5.74) is 0.311. The van der Waals surface area contributed by atoms with Gasteiger partial charge in [-0.2, -0.15) is 0 Å². The van der Waals surface area contributed by atoms with Crippen molar-refractivity contribution in [1.29, 1.82) is 0 Å². The molecular formula is C19H21F3N4O2. The summed E-state index contributed by atoms with van der Waals surface area (Å²) in [7, 11) is 1.60. The number of ether oxygens (including phenoxy) is 1. The highest BCUT2D eigenvalue weighted by Crippen LogP contribution is 2.28. The van der Waals surface area contributed by atoms with E-state index in [4.69, 9.17) is 0 Å². The Morgan fingerprint density at radius 2 is 1.82 bits per heavy atom. The number of hydrogen-bond acceptors (Lipinski definition) is 5. The van der Waals surface area contributed by atoms with Gasteiger partial charge in [-0.15, -0.1) is 13.2 Å². The number of nitrogens with zero attached hydrogens (tertiary/aromatic N) is 4. The van der Waals surface area contributed by atoms with E-state index in [0.29, 0.717) is 37.4 Å². The maximum atomic E-state index is 12.8. The van der Waals surface area contributed by atoms with E-state index in [1.165, 1.54) is 23.1 Å². The molecule has 6 nitrogen and oxygen atoms in total. The van der Waals surface area contributed by atoms with Crippen LogP contribution in [0.25, 0.3) is 0 Å². The second kappa shape index (κ2) is 8.45. The molecule has 2 aromatic rings. The van der Waals surface area contributed by atoms with Gasteiger partial charge in [0, 0.05) is 50.6 Å². The topological polar surface area (TPSA) is 58.6 Å². The van der Waals surface area contributed by atoms with E-state index >= 15 is 0 Å². The van der Waals surface area contributed by atoms with Gasteiger partial charge in [0.05, 0.1) is 0 Å². The summed E-state index contributed by atoms with van der Waals surface area (Å²) in [4.78, 5) is 24.7. The number of halogens is 3. The third-order valence-corrected chi connectivity index (χ3v) is 4.66. The minimum Gasteiger partial charge on any atom is -0.405 e. The van der Waals surface area contributed by atoms with E-state index < -0.39 is 6.36 Å². The maximum absolute atomic E-state index is 12.8. The molecule has 1 fully saturated rings. The number of amides is 1. The molecule has 150 valence electrons. The first-order chi connectivity index (χ1) is 13.3. The summed E-state index contributed by atoms with van der Waals surface area (Å²) in [5.74, 6) is 0.0850. The van der Waals surface area contributed by atoms with Crippen molar-refractivity contribution in [1.82, 2.24) is 14.9 Å². The Kier molecular flexibility index (Phi) is 6.01. The third-order valence-electron chi connectivity index (χ3n) is 4.66. The fourth-order valence-electron chi connectivity index (χ4n) is 3.28. The van der Waals surface area contributed by atoms with Crippen LogP contribution in [0.3, 0.4) is 0 Å². The molecular weight excluding hydrogens is 373 g/mol. The van der Waals surface area contributed by atoms with Crippen LogP contribution in [-0.2, 0) is 11.3 Å². The van der Waals surface area contributed by atoms with Gasteiger partial charge in [-0.1, -0.05) is 18.2 Å². The minimum atomic E-state index is -4.77. The van der Waals surface area contributed by atoms with Gasteiger partial charge in [-0.3, -0.25) is 4.79 Å². The summed E-state index contributed by atoms with van der Waals surface area (Å²) < 4.78 is 41.8. The number of anilines is 1. The van der Waals surface area contributed by atoms with Crippen molar-refractivity contribution in [3.05, 3.63) is 48.3 Å². The summed E-state index contributed by atoms with van der Waals surface area (Å²) >= 11 is 0. The molecule has 1 aliphatic rings. The Morgan fingerprint density at radius 3 is 2.46 bits per heavy atom. The molecule has 28 heavy (non-hydrogen) atoms. The first-order valence-electron chi connectivity index (χ1n) is 8.94. The summed E-state index contributed by atoms with van der Waals surface area (Å²) in [5, 5.41) is 0. The molecule has 0 bridgehead atoms. The van der Waals surface area contributed by atoms with Crippen LogP contribution in [0.5, 0.6) is 5.75 Å². The first kappa shape index (κ1) is 19.9. The van der Waals surface area contributed by atoms with Gasteiger partial charge in [0.25, 0.3) is 0 Å². The SMILES string of the molecule is CN(Cc1ccccc1OC(F)(F)F)C(=O)C1CCN(c2ncccn2)CC1. The van der Waals surface area contributed by atoms with E-state index in [-0.39, 0.29) is 24.1 Å². The molecule has 1 saturated heterocycles. The first-order valence-corrected chi connectivity index (χ1v) is 8.94. The largest absolute Gasteiger partial charge is 0.573 e. The number of hydrogen-bond donors (Lipinski definition) is 0. The van der Waals surface area contributed by atoms with Crippen molar-refractivity contribution in [3.63, 3.8) is 0 Å². The summed E-state index contributed by atoms with van der Waals surface area (Å²) in [6, 6.07) is 7.61. The van der Waals surface area contributed by atoms with Crippen LogP contribution < -0.4 is 9.64 Å². The lowest BCUT2D eigenvalue weighted by Gasteiger charge is -2.33. The number of rotatable bonds is 5. The Hall–Kier alpha value is -2.84. The smallest absolute Gasteiger partial charge is 0.405 e. The predicted octanol–water partition coefficient (Wildman–Crippen LogP) is 3.25. The number of aromatic nitrogens is 2. The Morgan fingerprint density at radius 1 is 1.18 bits per heavy atom. The predicted molar refractivity (Wildman–Crippen MR) is 96.6 cm³/mol. The number of alkyl halides is 3. The molecule has 0 N–H and O–H groups in total. The van der Waals surface area contributed by atoms with Crippen molar-refractivity contribution >= 4 is 11.9 Å². The molecule has 0 atom stereocenters. The number of carbonyl (C=O) groups is 1. The van der Waals surface area contributed by atoms with Crippen LogP contribution in [0.1, 0.15) is 18.4 Å². The van der Waals surface area contributed by atoms with Crippen LogP contribution in [0.4, 0.5) is 19.1 Å². The number of benzene rings is 1. The van der Waals surface area contributed by atoms with Crippen LogP contribution in [0, 0.1) is 5.92 Å². The van der Waals surface area contributed by atoms with E-state index in [1.54, 1.807) is 31.6 Å². The van der Waals surface area contributed by atoms with Crippen molar-refractivity contribution in [3.8, 4) is 5.75 Å². The van der Waals surface area contributed by atoms with Gasteiger partial charge in [-0.05, 0) is 25.0 Å². The number of para-hydroxylation sites is 1. The molecule has 1 aromatic heterocycles. The average molecular weight is 394 g/mol. The summed E-state index contributed by atoms with van der Waals surface area (Å²) in [6.07, 6.45) is -0.142. The zero-order valence-electron chi connectivity index (χ0n) is 15.4. The highest BCUT2D eigenvalue weighted by Gasteiger charge is 2.33. The maximum Gasteiger partial charge on any atom is 0.573 e. The molecule has 3 rings (SSSR count). The van der Waals surface area contributed by atoms with Gasteiger partial charge < -0.3 is 14.5 Å². The van der Waals surface area contributed by atoms with E-state index in [1.807, 2.05) is 4.90 Å². The molecule has 0 saturated carbocycles. The molecule has 1 amide bonds. The quantitative estimate of drug-likeness (QED) is 0.779. The monoisotopic (exact) mass is 394 g/mol. The van der Waals surface area contributed by atoms with E-state index in [0.717, 1.165) is 0 Å². The Bertz CT molecular complexity index is 793. The zero-order chi connectivity index (χ0) is 20.1. The van der Waals surface area contributed by atoms with Crippen molar-refractivity contribution < 1.29 is 22.7 Å². The zero-order valence-corrected chi connectivity index (χ0v) is 15.4. The van der Waals surface area contributed by atoms with Crippen molar-refractivity contribution in [2.75, 3.05) is 25.0 Å². The molecule has 2 heterocycles. The lowest BCUT2D eigenvalue weighted by atomic mass is 9.95. The van der Waals surface area contributed by atoms with Crippen molar-refractivity contribution in [2.24, 2.45) is 5.92 Å². The second-order valence-corrected chi connectivity index (χ2v) is 6.66. The third kappa shape index (κ3) is 5.11. The molecule has 9 heteroatoms. The van der Waals surface area contributed by atoms with E-state index in [2.05, 4.69) is 14.7 Å².